The molecule has 0 N–H and O–H groups in total. The van der Waals surface area contributed by atoms with Crippen LogP contribution in [-0.4, -0.2) is 14.6 Å². The lowest BCUT2D eigenvalue weighted by Gasteiger charge is -2.11. The number of hydrogen-bond acceptors (Lipinski definition) is 4. The van der Waals surface area contributed by atoms with Crippen LogP contribution in [0.2, 0.25) is 0 Å². The number of aryl methyl sites for hydroxylation is 1. The zero-order valence-electron chi connectivity index (χ0n) is 10.3. The fourth-order valence-corrected chi connectivity index (χ4v) is 3.07. The highest BCUT2D eigenvalue weighted by Crippen LogP contribution is 2.25. The number of nitrogens with zero attached hydrogens (tertiary/aromatic N) is 3. The van der Waals surface area contributed by atoms with E-state index in [4.69, 9.17) is 0 Å². The van der Waals surface area contributed by atoms with Crippen LogP contribution in [0.1, 0.15) is 43.3 Å². The molecule has 0 spiro atoms. The van der Waals surface area contributed by atoms with E-state index in [-0.39, 0.29) is 5.56 Å². The molecule has 0 atom stereocenters. The summed E-state index contributed by atoms with van der Waals surface area (Å²) in [4.78, 5) is 17.3. The molecular weight excluding hydrogens is 246 g/mol. The first-order valence-corrected chi connectivity index (χ1v) is 7.19. The van der Waals surface area contributed by atoms with Gasteiger partial charge in [-0.05, 0) is 37.7 Å². The van der Waals surface area contributed by atoms with Crippen molar-refractivity contribution in [2.45, 2.75) is 39.0 Å². The monoisotopic (exact) mass is 261 g/mol. The summed E-state index contributed by atoms with van der Waals surface area (Å²) in [5, 5.41) is 5.21. The Balaban J connectivity index is 2.14. The molecule has 0 radical (unpaired) electrons. The van der Waals surface area contributed by atoms with Crippen LogP contribution in [-0.2, 0) is 6.42 Å². The Morgan fingerprint density at radius 3 is 3.06 bits per heavy atom. The number of fused-ring (bicyclic) bond motifs is 1. The quantitative estimate of drug-likeness (QED) is 0.835. The fourth-order valence-electron chi connectivity index (χ4n) is 2.23. The fraction of sp³-hybridized carbons (Fsp3) is 0.462. The van der Waals surface area contributed by atoms with Crippen molar-refractivity contribution in [3.63, 3.8) is 0 Å². The van der Waals surface area contributed by atoms with Gasteiger partial charge in [0, 0.05) is 6.07 Å². The molecule has 1 aliphatic carbocycles. The van der Waals surface area contributed by atoms with E-state index in [2.05, 4.69) is 16.2 Å². The number of hydrogen-bond donors (Lipinski definition) is 0. The first-order valence-electron chi connectivity index (χ1n) is 6.37. The van der Waals surface area contributed by atoms with E-state index in [0.717, 1.165) is 30.0 Å². The SMILES string of the molecule is CCc1nn2c(=O)cc(C3=CCCCC3)nc2s1. The average Bonchev–Trinajstić information content (AvgIpc) is 2.83. The highest BCUT2D eigenvalue weighted by atomic mass is 32.1. The van der Waals surface area contributed by atoms with Gasteiger partial charge in [0.25, 0.3) is 5.56 Å². The predicted octanol–water partition coefficient (Wildman–Crippen LogP) is 2.67. The summed E-state index contributed by atoms with van der Waals surface area (Å²) in [6, 6.07) is 1.61. The van der Waals surface area contributed by atoms with Gasteiger partial charge in [0.05, 0.1) is 5.69 Å². The maximum absolute atomic E-state index is 12.0. The molecule has 0 saturated carbocycles. The van der Waals surface area contributed by atoms with E-state index in [9.17, 15) is 4.79 Å². The van der Waals surface area contributed by atoms with Crippen LogP contribution >= 0.6 is 11.3 Å². The lowest BCUT2D eigenvalue weighted by Crippen LogP contribution is -2.15. The van der Waals surface area contributed by atoms with Gasteiger partial charge in [-0.3, -0.25) is 4.79 Å². The summed E-state index contributed by atoms with van der Waals surface area (Å²) in [7, 11) is 0. The molecule has 0 unspecified atom stereocenters. The van der Waals surface area contributed by atoms with E-state index >= 15 is 0 Å². The van der Waals surface area contributed by atoms with E-state index in [1.54, 1.807) is 6.07 Å². The summed E-state index contributed by atoms with van der Waals surface area (Å²) < 4.78 is 1.41. The third kappa shape index (κ3) is 1.99. The van der Waals surface area contributed by atoms with Crippen molar-refractivity contribution in [1.29, 1.82) is 0 Å². The minimum Gasteiger partial charge on any atom is -0.267 e. The minimum atomic E-state index is -0.0718. The highest BCUT2D eigenvalue weighted by Gasteiger charge is 2.12. The van der Waals surface area contributed by atoms with Gasteiger partial charge < -0.3 is 0 Å². The molecule has 5 heteroatoms. The van der Waals surface area contributed by atoms with E-state index < -0.39 is 0 Å². The third-order valence-electron chi connectivity index (χ3n) is 3.21. The normalized spacial score (nSPS) is 15.9. The first-order chi connectivity index (χ1) is 8.78. The summed E-state index contributed by atoms with van der Waals surface area (Å²) in [5.41, 5.74) is 1.98. The van der Waals surface area contributed by atoms with Crippen LogP contribution in [0.25, 0.3) is 10.5 Å². The zero-order valence-corrected chi connectivity index (χ0v) is 11.2. The van der Waals surface area contributed by atoms with E-state index in [0.29, 0.717) is 4.96 Å². The summed E-state index contributed by atoms with van der Waals surface area (Å²) in [5.74, 6) is 0. The van der Waals surface area contributed by atoms with Gasteiger partial charge in [-0.25, -0.2) is 4.98 Å². The second-order valence-corrected chi connectivity index (χ2v) is 5.54. The molecule has 0 aromatic carbocycles. The maximum atomic E-state index is 12.0. The Morgan fingerprint density at radius 1 is 1.44 bits per heavy atom. The Hall–Kier alpha value is -1.49. The molecule has 3 rings (SSSR count). The Labute approximate surface area is 109 Å². The van der Waals surface area contributed by atoms with Gasteiger partial charge in [-0.1, -0.05) is 24.3 Å². The lowest BCUT2D eigenvalue weighted by atomic mass is 9.97. The Kier molecular flexibility index (Phi) is 2.99. The largest absolute Gasteiger partial charge is 0.275 e. The highest BCUT2D eigenvalue weighted by molar-refractivity contribution is 7.16. The molecule has 18 heavy (non-hydrogen) atoms. The number of allylic oxidation sites excluding steroid dienone is 2. The van der Waals surface area contributed by atoms with Gasteiger partial charge in [-0.15, -0.1) is 0 Å². The summed E-state index contributed by atoms with van der Waals surface area (Å²) in [6.45, 7) is 2.04. The van der Waals surface area contributed by atoms with Crippen molar-refractivity contribution in [2.24, 2.45) is 0 Å². The number of rotatable bonds is 2. The first kappa shape index (κ1) is 11.6. The Bertz CT molecular complexity index is 668. The molecule has 4 nitrogen and oxygen atoms in total. The van der Waals surface area contributed by atoms with Crippen LogP contribution < -0.4 is 5.56 Å². The predicted molar refractivity (Wildman–Crippen MR) is 73.0 cm³/mol. The van der Waals surface area contributed by atoms with Gasteiger partial charge in [0.1, 0.15) is 5.01 Å². The molecule has 2 heterocycles. The maximum Gasteiger partial charge on any atom is 0.275 e. The van der Waals surface area contributed by atoms with Crippen molar-refractivity contribution in [3.8, 4) is 0 Å². The van der Waals surface area contributed by atoms with Gasteiger partial charge in [0.15, 0.2) is 0 Å². The zero-order chi connectivity index (χ0) is 12.5. The second-order valence-electron chi connectivity index (χ2n) is 4.50. The van der Waals surface area contributed by atoms with Crippen molar-refractivity contribution < 1.29 is 0 Å². The molecule has 2 aromatic rings. The summed E-state index contributed by atoms with van der Waals surface area (Å²) in [6.07, 6.45) is 7.61. The lowest BCUT2D eigenvalue weighted by molar-refractivity contribution is 0.739. The van der Waals surface area contributed by atoms with Gasteiger partial charge >= 0.3 is 0 Å². The van der Waals surface area contributed by atoms with Crippen LogP contribution in [0, 0.1) is 0 Å². The number of aromatic nitrogens is 3. The van der Waals surface area contributed by atoms with Crippen LogP contribution in [0.5, 0.6) is 0 Å². The molecule has 1 aliphatic rings. The minimum absolute atomic E-state index is 0.0718. The molecule has 94 valence electrons. The molecular formula is C13H15N3OS. The topological polar surface area (TPSA) is 47.3 Å². The van der Waals surface area contributed by atoms with E-state index in [1.807, 2.05) is 6.92 Å². The molecule has 0 bridgehead atoms. The molecule has 0 amide bonds. The third-order valence-corrected chi connectivity index (χ3v) is 4.26. The Morgan fingerprint density at radius 2 is 2.33 bits per heavy atom. The molecule has 0 aliphatic heterocycles. The standard InChI is InChI=1S/C13H15N3OS/c1-2-11-15-16-12(17)8-10(14-13(16)18-11)9-6-4-3-5-7-9/h6,8H,2-5,7H2,1H3. The van der Waals surface area contributed by atoms with Crippen LogP contribution in [0.3, 0.4) is 0 Å². The van der Waals surface area contributed by atoms with Crippen molar-refractivity contribution >= 4 is 21.9 Å². The van der Waals surface area contributed by atoms with Gasteiger partial charge in [0.2, 0.25) is 4.96 Å². The van der Waals surface area contributed by atoms with E-state index in [1.165, 1.54) is 34.3 Å². The average molecular weight is 261 g/mol. The smallest absolute Gasteiger partial charge is 0.267 e. The molecule has 2 aromatic heterocycles. The van der Waals surface area contributed by atoms with Crippen LogP contribution in [0.4, 0.5) is 0 Å². The van der Waals surface area contributed by atoms with Gasteiger partial charge in [-0.2, -0.15) is 9.61 Å². The molecule has 0 fully saturated rings. The second kappa shape index (κ2) is 4.65. The van der Waals surface area contributed by atoms with Crippen molar-refractivity contribution in [2.75, 3.05) is 0 Å². The van der Waals surface area contributed by atoms with Crippen molar-refractivity contribution in [3.05, 3.63) is 33.2 Å². The van der Waals surface area contributed by atoms with Crippen LogP contribution in [0.15, 0.2) is 16.9 Å². The van der Waals surface area contributed by atoms with Crippen molar-refractivity contribution in [1.82, 2.24) is 14.6 Å². The summed E-state index contributed by atoms with van der Waals surface area (Å²) >= 11 is 1.50. The molecule has 0 saturated heterocycles.